The highest BCUT2D eigenvalue weighted by Crippen LogP contribution is 2.20. The van der Waals surface area contributed by atoms with Crippen molar-refractivity contribution < 1.29 is 9.53 Å². The molecule has 0 aromatic heterocycles. The van der Waals surface area contributed by atoms with Crippen LogP contribution in [-0.4, -0.2) is 31.1 Å². The molecule has 4 heteroatoms. The van der Waals surface area contributed by atoms with Crippen molar-refractivity contribution in [3.8, 4) is 5.75 Å². The van der Waals surface area contributed by atoms with Gasteiger partial charge in [0.15, 0.2) is 0 Å². The van der Waals surface area contributed by atoms with Crippen molar-refractivity contribution in [2.24, 2.45) is 0 Å². The summed E-state index contributed by atoms with van der Waals surface area (Å²) in [6.45, 7) is 6.27. The molecule has 3 atom stereocenters. The van der Waals surface area contributed by atoms with Crippen LogP contribution in [0.15, 0.2) is 18.2 Å². The van der Waals surface area contributed by atoms with Crippen LogP contribution in [0.3, 0.4) is 0 Å². The zero-order valence-electron chi connectivity index (χ0n) is 12.7. The van der Waals surface area contributed by atoms with Gasteiger partial charge in [-0.1, -0.05) is 6.07 Å². The highest BCUT2D eigenvalue weighted by atomic mass is 16.5. The highest BCUT2D eigenvalue weighted by Gasteiger charge is 2.26. The summed E-state index contributed by atoms with van der Waals surface area (Å²) >= 11 is 0. The molecule has 0 radical (unpaired) electrons. The van der Waals surface area contributed by atoms with Crippen molar-refractivity contribution in [3.63, 3.8) is 0 Å². The molecule has 1 aliphatic heterocycles. The van der Waals surface area contributed by atoms with E-state index in [4.69, 9.17) is 4.74 Å². The van der Waals surface area contributed by atoms with Gasteiger partial charge in [0.25, 0.3) is 5.91 Å². The molecule has 1 aliphatic rings. The van der Waals surface area contributed by atoms with Gasteiger partial charge in [-0.05, 0) is 51.3 Å². The van der Waals surface area contributed by atoms with E-state index in [1.807, 2.05) is 19.1 Å². The number of amides is 1. The molecule has 110 valence electrons. The van der Waals surface area contributed by atoms with Crippen LogP contribution in [0.1, 0.15) is 42.6 Å². The molecule has 2 N–H and O–H groups in total. The molecule has 1 saturated heterocycles. The summed E-state index contributed by atoms with van der Waals surface area (Å²) in [5, 5.41) is 6.60. The number of benzene rings is 1. The quantitative estimate of drug-likeness (QED) is 0.890. The van der Waals surface area contributed by atoms with E-state index < -0.39 is 0 Å². The van der Waals surface area contributed by atoms with Gasteiger partial charge in [0.1, 0.15) is 5.75 Å². The molecule has 4 nitrogen and oxygen atoms in total. The number of piperidine rings is 1. The Balaban J connectivity index is 2.05. The van der Waals surface area contributed by atoms with Gasteiger partial charge < -0.3 is 15.4 Å². The van der Waals surface area contributed by atoms with Crippen molar-refractivity contribution in [2.45, 2.75) is 51.7 Å². The first-order valence-electron chi connectivity index (χ1n) is 7.23. The molecule has 1 amide bonds. The van der Waals surface area contributed by atoms with Crippen LogP contribution >= 0.6 is 0 Å². The first-order chi connectivity index (χ1) is 9.51. The van der Waals surface area contributed by atoms with Crippen LogP contribution in [0.25, 0.3) is 0 Å². The van der Waals surface area contributed by atoms with Crippen molar-refractivity contribution in [3.05, 3.63) is 29.3 Å². The molecule has 2 rings (SSSR count). The first-order valence-corrected chi connectivity index (χ1v) is 7.23. The summed E-state index contributed by atoms with van der Waals surface area (Å²) in [6.07, 6.45) is 2.11. The van der Waals surface area contributed by atoms with E-state index in [-0.39, 0.29) is 11.9 Å². The van der Waals surface area contributed by atoms with Crippen molar-refractivity contribution in [2.75, 3.05) is 7.11 Å². The van der Waals surface area contributed by atoms with E-state index >= 15 is 0 Å². The van der Waals surface area contributed by atoms with Crippen LogP contribution < -0.4 is 15.4 Å². The lowest BCUT2D eigenvalue weighted by molar-refractivity contribution is 0.0914. The molecule has 20 heavy (non-hydrogen) atoms. The molecule has 0 spiro atoms. The van der Waals surface area contributed by atoms with Gasteiger partial charge in [-0.25, -0.2) is 0 Å². The summed E-state index contributed by atoms with van der Waals surface area (Å²) in [6, 6.07) is 6.57. The molecule has 1 heterocycles. The van der Waals surface area contributed by atoms with Crippen LogP contribution in [0.4, 0.5) is 0 Å². The standard InChI is InChI=1S/C16H24N2O2/c1-10-5-7-13(9-15(10)20-4)16(19)18-14-8-6-11(2)17-12(14)3/h5,7,9,11-12,14,17H,6,8H2,1-4H3,(H,18,19). The average molecular weight is 276 g/mol. The maximum absolute atomic E-state index is 12.3. The fraction of sp³-hybridized carbons (Fsp3) is 0.562. The van der Waals surface area contributed by atoms with Gasteiger partial charge in [-0.3, -0.25) is 4.79 Å². The topological polar surface area (TPSA) is 50.4 Å². The number of aryl methyl sites for hydroxylation is 1. The Morgan fingerprint density at radius 1 is 1.35 bits per heavy atom. The summed E-state index contributed by atoms with van der Waals surface area (Å²) < 4.78 is 5.27. The Morgan fingerprint density at radius 2 is 2.10 bits per heavy atom. The molecular formula is C16H24N2O2. The van der Waals surface area contributed by atoms with Gasteiger partial charge in [0.05, 0.1) is 7.11 Å². The molecule has 3 unspecified atom stereocenters. The third kappa shape index (κ3) is 3.31. The Labute approximate surface area is 120 Å². The number of rotatable bonds is 3. The largest absolute Gasteiger partial charge is 0.496 e. The summed E-state index contributed by atoms with van der Waals surface area (Å²) in [5.41, 5.74) is 1.68. The molecular weight excluding hydrogens is 252 g/mol. The Kier molecular flexibility index (Phi) is 4.65. The SMILES string of the molecule is COc1cc(C(=O)NC2CCC(C)NC2C)ccc1C. The van der Waals surface area contributed by atoms with Crippen molar-refractivity contribution >= 4 is 5.91 Å². The molecule has 0 aliphatic carbocycles. The second-order valence-corrected chi connectivity index (χ2v) is 5.70. The molecule has 0 saturated carbocycles. The lowest BCUT2D eigenvalue weighted by atomic mass is 9.95. The predicted octanol–water partition coefficient (Wildman–Crippen LogP) is 2.26. The number of hydrogen-bond acceptors (Lipinski definition) is 3. The fourth-order valence-corrected chi connectivity index (χ4v) is 2.74. The summed E-state index contributed by atoms with van der Waals surface area (Å²) in [4.78, 5) is 12.3. The van der Waals surface area contributed by atoms with Gasteiger partial charge in [0.2, 0.25) is 0 Å². The van der Waals surface area contributed by atoms with Crippen LogP contribution in [0.5, 0.6) is 5.75 Å². The number of hydrogen-bond donors (Lipinski definition) is 2. The number of carbonyl (C=O) groups is 1. The van der Waals surface area contributed by atoms with Gasteiger partial charge in [-0.15, -0.1) is 0 Å². The van der Waals surface area contributed by atoms with Gasteiger partial charge in [-0.2, -0.15) is 0 Å². The lowest BCUT2D eigenvalue weighted by Gasteiger charge is -2.34. The summed E-state index contributed by atoms with van der Waals surface area (Å²) in [7, 11) is 1.62. The fourth-order valence-electron chi connectivity index (χ4n) is 2.74. The maximum atomic E-state index is 12.3. The monoisotopic (exact) mass is 276 g/mol. The smallest absolute Gasteiger partial charge is 0.251 e. The van der Waals surface area contributed by atoms with E-state index in [2.05, 4.69) is 24.5 Å². The Morgan fingerprint density at radius 3 is 2.75 bits per heavy atom. The van der Waals surface area contributed by atoms with Gasteiger partial charge >= 0.3 is 0 Å². The van der Waals surface area contributed by atoms with Gasteiger partial charge in [0, 0.05) is 23.7 Å². The minimum Gasteiger partial charge on any atom is -0.496 e. The predicted molar refractivity (Wildman–Crippen MR) is 80.3 cm³/mol. The number of carbonyl (C=O) groups excluding carboxylic acids is 1. The van der Waals surface area contributed by atoms with Crippen LogP contribution in [-0.2, 0) is 0 Å². The number of ether oxygens (including phenoxy) is 1. The van der Waals surface area contributed by atoms with Crippen LogP contribution in [0.2, 0.25) is 0 Å². The first kappa shape index (κ1) is 14.9. The Bertz CT molecular complexity index is 487. The van der Waals surface area contributed by atoms with E-state index in [1.54, 1.807) is 13.2 Å². The highest BCUT2D eigenvalue weighted by molar-refractivity contribution is 5.95. The van der Waals surface area contributed by atoms with Crippen molar-refractivity contribution in [1.29, 1.82) is 0 Å². The second kappa shape index (κ2) is 6.27. The van der Waals surface area contributed by atoms with E-state index in [9.17, 15) is 4.79 Å². The molecule has 1 fully saturated rings. The average Bonchev–Trinajstić information content (AvgIpc) is 2.42. The van der Waals surface area contributed by atoms with Crippen LogP contribution in [0, 0.1) is 6.92 Å². The number of methoxy groups -OCH3 is 1. The minimum atomic E-state index is -0.0310. The number of nitrogens with one attached hydrogen (secondary N) is 2. The summed E-state index contributed by atoms with van der Waals surface area (Å²) in [5.74, 6) is 0.720. The maximum Gasteiger partial charge on any atom is 0.251 e. The molecule has 1 aromatic rings. The zero-order chi connectivity index (χ0) is 14.7. The Hall–Kier alpha value is -1.55. The van der Waals surface area contributed by atoms with E-state index in [0.717, 1.165) is 24.2 Å². The van der Waals surface area contributed by atoms with Crippen molar-refractivity contribution in [1.82, 2.24) is 10.6 Å². The third-order valence-electron chi connectivity index (χ3n) is 4.05. The zero-order valence-corrected chi connectivity index (χ0v) is 12.7. The lowest BCUT2D eigenvalue weighted by Crippen LogP contribution is -2.54. The van der Waals surface area contributed by atoms with E-state index in [1.165, 1.54) is 0 Å². The molecule has 0 bridgehead atoms. The molecule has 1 aromatic carbocycles. The minimum absolute atomic E-state index is 0.0310. The third-order valence-corrected chi connectivity index (χ3v) is 4.05. The van der Waals surface area contributed by atoms with E-state index in [0.29, 0.717) is 17.6 Å². The normalized spacial score (nSPS) is 26.1. The second-order valence-electron chi connectivity index (χ2n) is 5.70.